The standard InChI is InChI=1S/C9H15NO2/c11-8-6-4-1-2-5(3-4)7(6)9(12)10-8/h4-12H,1-3H2. The molecule has 12 heavy (non-hydrogen) atoms. The molecule has 3 rings (SSSR count). The first-order valence-electron chi connectivity index (χ1n) is 4.89. The van der Waals surface area contributed by atoms with E-state index in [9.17, 15) is 10.2 Å². The summed E-state index contributed by atoms with van der Waals surface area (Å²) in [5.74, 6) is 2.05. The molecule has 3 N–H and O–H groups in total. The highest BCUT2D eigenvalue weighted by molar-refractivity contribution is 5.04. The van der Waals surface area contributed by atoms with Gasteiger partial charge in [-0.3, -0.25) is 5.32 Å². The lowest BCUT2D eigenvalue weighted by Crippen LogP contribution is -2.33. The van der Waals surface area contributed by atoms with Crippen LogP contribution in [-0.2, 0) is 0 Å². The third-order valence-corrected chi connectivity index (χ3v) is 4.12. The van der Waals surface area contributed by atoms with Gasteiger partial charge in [0, 0.05) is 11.8 Å². The van der Waals surface area contributed by atoms with Crippen molar-refractivity contribution in [3.05, 3.63) is 0 Å². The van der Waals surface area contributed by atoms with Crippen LogP contribution < -0.4 is 5.32 Å². The van der Waals surface area contributed by atoms with Crippen LogP contribution in [0.4, 0.5) is 0 Å². The molecule has 1 saturated heterocycles. The van der Waals surface area contributed by atoms with E-state index in [-0.39, 0.29) is 0 Å². The average molecular weight is 169 g/mol. The Morgan fingerprint density at radius 3 is 1.92 bits per heavy atom. The van der Waals surface area contributed by atoms with Crippen molar-refractivity contribution >= 4 is 0 Å². The molecule has 68 valence electrons. The maximum absolute atomic E-state index is 9.62. The molecular weight excluding hydrogens is 154 g/mol. The van der Waals surface area contributed by atoms with Crippen molar-refractivity contribution in [1.82, 2.24) is 5.32 Å². The van der Waals surface area contributed by atoms with E-state index >= 15 is 0 Å². The van der Waals surface area contributed by atoms with Crippen molar-refractivity contribution in [2.75, 3.05) is 0 Å². The van der Waals surface area contributed by atoms with Crippen molar-refractivity contribution in [1.29, 1.82) is 0 Å². The smallest absolute Gasteiger partial charge is 0.110 e. The molecule has 0 aromatic heterocycles. The quantitative estimate of drug-likeness (QED) is 0.474. The number of hydrogen-bond acceptors (Lipinski definition) is 3. The number of nitrogens with one attached hydrogen (secondary N) is 1. The van der Waals surface area contributed by atoms with Crippen LogP contribution in [0.2, 0.25) is 0 Å². The van der Waals surface area contributed by atoms with Crippen LogP contribution in [0.15, 0.2) is 0 Å². The molecule has 6 unspecified atom stereocenters. The number of rotatable bonds is 0. The second-order valence-corrected chi connectivity index (χ2v) is 4.54. The van der Waals surface area contributed by atoms with E-state index in [1.807, 2.05) is 0 Å². The molecule has 3 aliphatic rings. The van der Waals surface area contributed by atoms with Crippen molar-refractivity contribution in [2.24, 2.45) is 23.7 Å². The van der Waals surface area contributed by atoms with Gasteiger partial charge in [0.2, 0.25) is 0 Å². The van der Waals surface area contributed by atoms with E-state index in [1.54, 1.807) is 0 Å². The molecule has 2 saturated carbocycles. The van der Waals surface area contributed by atoms with Gasteiger partial charge < -0.3 is 10.2 Å². The number of aliphatic hydroxyl groups excluding tert-OH is 2. The van der Waals surface area contributed by atoms with Gasteiger partial charge in [0.15, 0.2) is 0 Å². The maximum Gasteiger partial charge on any atom is 0.110 e. The van der Waals surface area contributed by atoms with Crippen LogP contribution in [0, 0.1) is 23.7 Å². The van der Waals surface area contributed by atoms with Crippen LogP contribution in [0.5, 0.6) is 0 Å². The highest BCUT2D eigenvalue weighted by Crippen LogP contribution is 2.56. The van der Waals surface area contributed by atoms with Crippen molar-refractivity contribution in [3.8, 4) is 0 Å². The molecule has 3 fully saturated rings. The van der Waals surface area contributed by atoms with Crippen LogP contribution in [0.25, 0.3) is 0 Å². The molecule has 3 heteroatoms. The topological polar surface area (TPSA) is 52.5 Å². The molecule has 6 atom stereocenters. The van der Waals surface area contributed by atoms with Gasteiger partial charge in [0.05, 0.1) is 0 Å². The number of aliphatic hydroxyl groups is 2. The van der Waals surface area contributed by atoms with Crippen LogP contribution >= 0.6 is 0 Å². The fourth-order valence-corrected chi connectivity index (χ4v) is 3.71. The van der Waals surface area contributed by atoms with E-state index in [4.69, 9.17) is 0 Å². The second-order valence-electron chi connectivity index (χ2n) is 4.54. The lowest BCUT2D eigenvalue weighted by atomic mass is 9.80. The van der Waals surface area contributed by atoms with E-state index in [0.29, 0.717) is 23.7 Å². The molecule has 0 spiro atoms. The van der Waals surface area contributed by atoms with Gasteiger partial charge in [-0.2, -0.15) is 0 Å². The SMILES string of the molecule is OC1NC(O)C2C3CCC(C3)C12. The van der Waals surface area contributed by atoms with Crippen molar-refractivity contribution in [3.63, 3.8) is 0 Å². The van der Waals surface area contributed by atoms with Gasteiger partial charge in [0.1, 0.15) is 12.5 Å². The summed E-state index contributed by atoms with van der Waals surface area (Å²) in [6.07, 6.45) is 2.88. The molecular formula is C9H15NO2. The Hall–Kier alpha value is -0.120. The summed E-state index contributed by atoms with van der Waals surface area (Å²) in [6, 6.07) is 0. The van der Waals surface area contributed by atoms with Gasteiger partial charge in [-0.05, 0) is 31.1 Å². The van der Waals surface area contributed by atoms with Gasteiger partial charge in [-0.15, -0.1) is 0 Å². The molecule has 3 nitrogen and oxygen atoms in total. The van der Waals surface area contributed by atoms with E-state index in [2.05, 4.69) is 5.32 Å². The van der Waals surface area contributed by atoms with Gasteiger partial charge >= 0.3 is 0 Å². The minimum absolute atomic E-state index is 0.346. The summed E-state index contributed by atoms with van der Waals surface area (Å²) in [6.45, 7) is 0. The summed E-state index contributed by atoms with van der Waals surface area (Å²) < 4.78 is 0. The van der Waals surface area contributed by atoms with Gasteiger partial charge in [0.25, 0.3) is 0 Å². The summed E-state index contributed by atoms with van der Waals surface area (Å²) in [5, 5.41) is 22.1. The molecule has 0 radical (unpaired) electrons. The zero-order chi connectivity index (χ0) is 8.29. The average Bonchev–Trinajstić information content (AvgIpc) is 2.64. The molecule has 1 aliphatic heterocycles. The Morgan fingerprint density at radius 1 is 0.917 bits per heavy atom. The number of fused-ring (bicyclic) bond motifs is 5. The number of hydrogen-bond donors (Lipinski definition) is 3. The predicted molar refractivity (Wildman–Crippen MR) is 43.0 cm³/mol. The molecule has 0 amide bonds. The third kappa shape index (κ3) is 0.721. The van der Waals surface area contributed by atoms with E-state index < -0.39 is 12.5 Å². The first-order valence-corrected chi connectivity index (χ1v) is 4.89. The largest absolute Gasteiger partial charge is 0.378 e. The molecule has 0 aromatic carbocycles. The van der Waals surface area contributed by atoms with Gasteiger partial charge in [-0.25, -0.2) is 0 Å². The zero-order valence-corrected chi connectivity index (χ0v) is 6.98. The summed E-state index contributed by atoms with van der Waals surface area (Å²) >= 11 is 0. The highest BCUT2D eigenvalue weighted by Gasteiger charge is 2.56. The minimum atomic E-state index is -0.444. The molecule has 1 heterocycles. The summed E-state index contributed by atoms with van der Waals surface area (Å²) in [5.41, 5.74) is 0. The predicted octanol–water partition coefficient (Wildman–Crippen LogP) is -0.111. The lowest BCUT2D eigenvalue weighted by Gasteiger charge is -2.25. The van der Waals surface area contributed by atoms with Crippen molar-refractivity contribution in [2.45, 2.75) is 31.7 Å². The Morgan fingerprint density at radius 2 is 1.42 bits per heavy atom. The summed E-state index contributed by atoms with van der Waals surface area (Å²) in [7, 11) is 0. The monoisotopic (exact) mass is 169 g/mol. The fraction of sp³-hybridized carbons (Fsp3) is 1.00. The van der Waals surface area contributed by atoms with E-state index in [0.717, 1.165) is 0 Å². The van der Waals surface area contributed by atoms with E-state index in [1.165, 1.54) is 19.3 Å². The molecule has 0 aromatic rings. The zero-order valence-electron chi connectivity index (χ0n) is 6.98. The Kier molecular flexibility index (Phi) is 1.35. The first-order chi connectivity index (χ1) is 5.77. The van der Waals surface area contributed by atoms with Crippen molar-refractivity contribution < 1.29 is 10.2 Å². The Labute approximate surface area is 71.8 Å². The third-order valence-electron chi connectivity index (χ3n) is 4.12. The molecule has 2 aliphatic carbocycles. The Bertz CT molecular complexity index is 189. The fourth-order valence-electron chi connectivity index (χ4n) is 3.71. The van der Waals surface area contributed by atoms with Crippen LogP contribution in [0.1, 0.15) is 19.3 Å². The summed E-state index contributed by atoms with van der Waals surface area (Å²) in [4.78, 5) is 0. The van der Waals surface area contributed by atoms with Crippen LogP contribution in [-0.4, -0.2) is 22.7 Å². The first kappa shape index (κ1) is 7.30. The minimum Gasteiger partial charge on any atom is -0.378 e. The van der Waals surface area contributed by atoms with Gasteiger partial charge in [-0.1, -0.05) is 0 Å². The normalized spacial score (nSPS) is 62.5. The second kappa shape index (κ2) is 2.22. The molecule has 2 bridgehead atoms. The lowest BCUT2D eigenvalue weighted by molar-refractivity contribution is 0.0693. The van der Waals surface area contributed by atoms with Crippen LogP contribution in [0.3, 0.4) is 0 Å². The highest BCUT2D eigenvalue weighted by atomic mass is 16.3. The maximum atomic E-state index is 9.62. The Balaban J connectivity index is 1.92.